The van der Waals surface area contributed by atoms with Crippen molar-refractivity contribution in [3.05, 3.63) is 101 Å². The molecule has 144 valence electrons. The Morgan fingerprint density at radius 3 is 1.64 bits per heavy atom. The fourth-order valence-electron chi connectivity index (χ4n) is 3.58. The monoisotopic (exact) mass is 384 g/mol. The highest BCUT2D eigenvalue weighted by Crippen LogP contribution is 2.38. The average Bonchev–Trinajstić information content (AvgIpc) is 2.99. The van der Waals surface area contributed by atoms with Crippen LogP contribution in [0.2, 0.25) is 0 Å². The van der Waals surface area contributed by atoms with Gasteiger partial charge in [-0.05, 0) is 47.5 Å². The highest BCUT2D eigenvalue weighted by Gasteiger charge is 2.44. The number of halogens is 3. The van der Waals surface area contributed by atoms with E-state index in [0.717, 1.165) is 0 Å². The Hall–Kier alpha value is -2.83. The van der Waals surface area contributed by atoms with E-state index in [0.29, 0.717) is 16.9 Å². The number of ether oxygens (including phenoxy) is 1. The van der Waals surface area contributed by atoms with Gasteiger partial charge in [-0.2, -0.15) is 0 Å². The van der Waals surface area contributed by atoms with Gasteiger partial charge < -0.3 is 4.74 Å². The van der Waals surface area contributed by atoms with E-state index >= 15 is 0 Å². The first-order valence-electron chi connectivity index (χ1n) is 8.93. The van der Waals surface area contributed by atoms with Crippen molar-refractivity contribution in [1.82, 2.24) is 10.6 Å². The molecule has 1 saturated heterocycles. The molecule has 1 aliphatic rings. The van der Waals surface area contributed by atoms with Crippen molar-refractivity contribution in [2.75, 3.05) is 0 Å². The highest BCUT2D eigenvalue weighted by atomic mass is 19.1. The molecule has 4 rings (SSSR count). The molecule has 6 heteroatoms. The van der Waals surface area contributed by atoms with Crippen molar-refractivity contribution in [3.63, 3.8) is 0 Å². The van der Waals surface area contributed by atoms with Crippen LogP contribution in [-0.4, -0.2) is 5.85 Å². The molecular weight excluding hydrogens is 365 g/mol. The van der Waals surface area contributed by atoms with Crippen LogP contribution < -0.4 is 15.4 Å². The molecule has 2 N–H and O–H groups in total. The third kappa shape index (κ3) is 3.88. The van der Waals surface area contributed by atoms with Gasteiger partial charge in [0, 0.05) is 13.0 Å². The van der Waals surface area contributed by atoms with Gasteiger partial charge in [-0.25, -0.2) is 13.2 Å². The molecule has 0 radical (unpaired) electrons. The van der Waals surface area contributed by atoms with Crippen LogP contribution in [-0.2, 0) is 0 Å². The van der Waals surface area contributed by atoms with Gasteiger partial charge in [0.15, 0.2) is 0 Å². The van der Waals surface area contributed by atoms with Gasteiger partial charge in [-0.15, -0.1) is 0 Å². The highest BCUT2D eigenvalue weighted by molar-refractivity contribution is 5.32. The number of rotatable bonds is 4. The van der Waals surface area contributed by atoms with E-state index < -0.39 is 23.7 Å². The summed E-state index contributed by atoms with van der Waals surface area (Å²) in [5.41, 5.74) is 1.38. The second kappa shape index (κ2) is 7.30. The Balaban J connectivity index is 1.70. The molecule has 1 aliphatic heterocycles. The Morgan fingerprint density at radius 1 is 0.714 bits per heavy atom. The van der Waals surface area contributed by atoms with Crippen LogP contribution in [0.5, 0.6) is 5.75 Å². The summed E-state index contributed by atoms with van der Waals surface area (Å²) in [4.78, 5) is 0. The second-order valence-electron chi connectivity index (χ2n) is 6.95. The Bertz CT molecular complexity index is 941. The normalized spacial score (nSPS) is 24.3. The number of hydrogen-bond acceptors (Lipinski definition) is 3. The van der Waals surface area contributed by atoms with Crippen LogP contribution in [0.3, 0.4) is 0 Å². The van der Waals surface area contributed by atoms with Crippen molar-refractivity contribution in [2.45, 2.75) is 24.9 Å². The summed E-state index contributed by atoms with van der Waals surface area (Å²) in [6.07, 6.45) is 0. The van der Waals surface area contributed by atoms with Crippen molar-refractivity contribution in [1.29, 1.82) is 0 Å². The van der Waals surface area contributed by atoms with Gasteiger partial charge >= 0.3 is 0 Å². The number of benzene rings is 3. The van der Waals surface area contributed by atoms with Crippen LogP contribution in [0.1, 0.15) is 30.1 Å². The molecule has 0 aromatic heterocycles. The van der Waals surface area contributed by atoms with Crippen LogP contribution in [0, 0.1) is 17.5 Å². The first-order chi connectivity index (χ1) is 13.4. The van der Waals surface area contributed by atoms with Gasteiger partial charge in [-0.1, -0.05) is 30.3 Å². The van der Waals surface area contributed by atoms with Crippen LogP contribution in [0.4, 0.5) is 13.2 Å². The lowest BCUT2D eigenvalue weighted by Crippen LogP contribution is -2.51. The van der Waals surface area contributed by atoms with Gasteiger partial charge in [0.2, 0.25) is 5.85 Å². The van der Waals surface area contributed by atoms with Gasteiger partial charge in [0.1, 0.15) is 23.2 Å². The molecule has 1 fully saturated rings. The van der Waals surface area contributed by atoms with E-state index in [1.165, 1.54) is 36.4 Å². The van der Waals surface area contributed by atoms with E-state index in [-0.39, 0.29) is 11.6 Å². The quantitative estimate of drug-likeness (QED) is 0.676. The molecule has 3 nitrogen and oxygen atoms in total. The van der Waals surface area contributed by atoms with Crippen LogP contribution >= 0.6 is 0 Å². The summed E-state index contributed by atoms with van der Waals surface area (Å²) in [5.74, 6) is -1.89. The minimum atomic E-state index is -1.08. The Kier molecular flexibility index (Phi) is 4.83. The molecule has 0 saturated carbocycles. The second-order valence-corrected chi connectivity index (χ2v) is 6.95. The lowest BCUT2D eigenvalue weighted by molar-refractivity contribution is 0.0427. The average molecular weight is 384 g/mol. The first-order valence-corrected chi connectivity index (χ1v) is 8.93. The predicted octanol–water partition coefficient (Wildman–Crippen LogP) is 4.83. The van der Waals surface area contributed by atoms with E-state index in [9.17, 15) is 13.2 Å². The molecule has 2 unspecified atom stereocenters. The van der Waals surface area contributed by atoms with Crippen LogP contribution in [0.15, 0.2) is 72.8 Å². The zero-order valence-electron chi connectivity index (χ0n) is 15.1. The standard InChI is InChI=1S/C22H19F3N2O/c1-22(28-19-10-4-9-18(25)13-19)26-20(14-5-2-7-16(23)11-14)21(27-22)15-6-3-8-17(24)12-15/h2-13,20-21,26-27H,1H3. The van der Waals surface area contributed by atoms with Gasteiger partial charge in [0.25, 0.3) is 0 Å². The number of hydrogen-bond donors (Lipinski definition) is 2. The molecule has 0 aliphatic carbocycles. The number of nitrogens with one attached hydrogen (secondary N) is 2. The minimum Gasteiger partial charge on any atom is -0.460 e. The smallest absolute Gasteiger partial charge is 0.215 e. The summed E-state index contributed by atoms with van der Waals surface area (Å²) in [6, 6.07) is 17.4. The molecule has 3 aromatic carbocycles. The van der Waals surface area contributed by atoms with Crippen LogP contribution in [0.25, 0.3) is 0 Å². The SMILES string of the molecule is CC1(Oc2cccc(F)c2)NC(c2cccc(F)c2)C(c2cccc(F)c2)N1. The van der Waals surface area contributed by atoms with Gasteiger partial charge in [0.05, 0.1) is 12.1 Å². The molecule has 0 amide bonds. The van der Waals surface area contributed by atoms with E-state index in [1.807, 2.05) is 0 Å². The largest absolute Gasteiger partial charge is 0.460 e. The molecule has 0 spiro atoms. The zero-order valence-corrected chi connectivity index (χ0v) is 15.1. The fraction of sp³-hybridized carbons (Fsp3) is 0.182. The molecule has 28 heavy (non-hydrogen) atoms. The summed E-state index contributed by atoms with van der Waals surface area (Å²) in [7, 11) is 0. The van der Waals surface area contributed by atoms with E-state index in [1.54, 1.807) is 43.3 Å². The summed E-state index contributed by atoms with van der Waals surface area (Å²) in [6.45, 7) is 1.75. The Morgan fingerprint density at radius 2 is 1.18 bits per heavy atom. The molecular formula is C22H19F3N2O. The lowest BCUT2D eigenvalue weighted by Gasteiger charge is -2.27. The molecule has 1 heterocycles. The maximum atomic E-state index is 13.8. The van der Waals surface area contributed by atoms with Crippen molar-refractivity contribution in [2.24, 2.45) is 0 Å². The van der Waals surface area contributed by atoms with Crippen molar-refractivity contribution < 1.29 is 17.9 Å². The first kappa shape index (κ1) is 18.5. The summed E-state index contributed by atoms with van der Waals surface area (Å²) in [5, 5.41) is 6.60. The van der Waals surface area contributed by atoms with Gasteiger partial charge in [-0.3, -0.25) is 10.6 Å². The lowest BCUT2D eigenvalue weighted by atomic mass is 9.95. The molecule has 2 atom stereocenters. The minimum absolute atomic E-state index is 0.334. The third-order valence-corrected chi connectivity index (χ3v) is 4.73. The maximum Gasteiger partial charge on any atom is 0.215 e. The zero-order chi connectivity index (χ0) is 19.7. The van der Waals surface area contributed by atoms with E-state index in [4.69, 9.17) is 4.74 Å². The van der Waals surface area contributed by atoms with E-state index in [2.05, 4.69) is 10.6 Å². The Labute approximate surface area is 161 Å². The molecule has 3 aromatic rings. The summed E-state index contributed by atoms with van der Waals surface area (Å²) < 4.78 is 47.1. The third-order valence-electron chi connectivity index (χ3n) is 4.73. The summed E-state index contributed by atoms with van der Waals surface area (Å²) >= 11 is 0. The molecule has 0 bridgehead atoms. The predicted molar refractivity (Wildman–Crippen MR) is 100.0 cm³/mol. The fourth-order valence-corrected chi connectivity index (χ4v) is 3.58. The maximum absolute atomic E-state index is 13.8. The topological polar surface area (TPSA) is 33.3 Å². The van der Waals surface area contributed by atoms with Crippen molar-refractivity contribution >= 4 is 0 Å². The van der Waals surface area contributed by atoms with Crippen molar-refractivity contribution in [3.8, 4) is 5.75 Å².